The van der Waals surface area contributed by atoms with Crippen LogP contribution in [0.2, 0.25) is 0 Å². The van der Waals surface area contributed by atoms with E-state index in [2.05, 4.69) is 5.32 Å². The lowest BCUT2D eigenvalue weighted by Crippen LogP contribution is -2.53. The lowest BCUT2D eigenvalue weighted by Gasteiger charge is -2.31. The van der Waals surface area contributed by atoms with E-state index in [1.807, 2.05) is 36.4 Å². The number of amides is 2. The molecule has 2 saturated heterocycles. The van der Waals surface area contributed by atoms with Crippen molar-refractivity contribution >= 4 is 27.7 Å². The van der Waals surface area contributed by atoms with Crippen molar-refractivity contribution in [2.45, 2.75) is 48.5 Å². The molecule has 11 nitrogen and oxygen atoms in total. The van der Waals surface area contributed by atoms with E-state index in [-0.39, 0.29) is 37.1 Å². The van der Waals surface area contributed by atoms with Gasteiger partial charge in [0.05, 0.1) is 36.8 Å². The van der Waals surface area contributed by atoms with Gasteiger partial charge in [-0.1, -0.05) is 54.6 Å². The molecule has 12 heteroatoms. The SMILES string of the molecule is COc1cccc(S(=O)(=O)N(C[C@@H]2CCCO2)C[C@@H](O)[C@H](Cc2ccccc2)NC(=O)[C@@H]2CN(c3ccccc3)C(=O)O2)c1. The third kappa shape index (κ3) is 7.56. The van der Waals surface area contributed by atoms with E-state index < -0.39 is 40.3 Å². The monoisotopic (exact) mass is 623 g/mol. The van der Waals surface area contributed by atoms with Crippen LogP contribution in [0, 0.1) is 0 Å². The number of nitrogens with zero attached hydrogens (tertiary/aromatic N) is 2. The number of nitrogens with one attached hydrogen (secondary N) is 1. The Balaban J connectivity index is 1.37. The van der Waals surface area contributed by atoms with Crippen LogP contribution in [-0.2, 0) is 30.7 Å². The zero-order chi connectivity index (χ0) is 31.1. The fourth-order valence-electron chi connectivity index (χ4n) is 5.38. The molecular formula is C32H37N3O8S. The van der Waals surface area contributed by atoms with Gasteiger partial charge in [0.2, 0.25) is 10.0 Å². The van der Waals surface area contributed by atoms with Crippen LogP contribution < -0.4 is 15.0 Å². The molecule has 3 aromatic carbocycles. The van der Waals surface area contributed by atoms with Crippen LogP contribution in [0.5, 0.6) is 5.75 Å². The lowest BCUT2D eigenvalue weighted by atomic mass is 10.0. The summed E-state index contributed by atoms with van der Waals surface area (Å²) in [7, 11) is -2.63. The molecule has 4 atom stereocenters. The van der Waals surface area contributed by atoms with Gasteiger partial charge in [0.15, 0.2) is 6.10 Å². The highest BCUT2D eigenvalue weighted by atomic mass is 32.2. The van der Waals surface area contributed by atoms with Crippen LogP contribution >= 0.6 is 0 Å². The van der Waals surface area contributed by atoms with Crippen LogP contribution in [0.1, 0.15) is 18.4 Å². The second kappa shape index (κ2) is 14.2. The van der Waals surface area contributed by atoms with E-state index in [0.29, 0.717) is 24.5 Å². The number of rotatable bonds is 13. The van der Waals surface area contributed by atoms with Crippen molar-refractivity contribution in [2.75, 3.05) is 38.3 Å². The van der Waals surface area contributed by atoms with Crippen molar-refractivity contribution in [3.05, 3.63) is 90.5 Å². The van der Waals surface area contributed by atoms with Crippen molar-refractivity contribution in [1.29, 1.82) is 0 Å². The Morgan fingerprint density at radius 3 is 2.50 bits per heavy atom. The van der Waals surface area contributed by atoms with Crippen LogP contribution in [0.25, 0.3) is 0 Å². The molecular weight excluding hydrogens is 586 g/mol. The van der Waals surface area contributed by atoms with Crippen LogP contribution in [0.3, 0.4) is 0 Å². The molecule has 2 aliphatic heterocycles. The average molecular weight is 624 g/mol. The first-order valence-corrected chi connectivity index (χ1v) is 16.0. The molecule has 0 aliphatic carbocycles. The van der Waals surface area contributed by atoms with Gasteiger partial charge in [0, 0.05) is 31.5 Å². The van der Waals surface area contributed by atoms with E-state index in [4.69, 9.17) is 14.2 Å². The number of anilines is 1. The van der Waals surface area contributed by atoms with Crippen molar-refractivity contribution in [1.82, 2.24) is 9.62 Å². The third-order valence-electron chi connectivity index (χ3n) is 7.76. The molecule has 0 saturated carbocycles. The van der Waals surface area contributed by atoms with Gasteiger partial charge in [0.25, 0.3) is 5.91 Å². The second-order valence-electron chi connectivity index (χ2n) is 10.8. The topological polar surface area (TPSA) is 135 Å². The number of carbonyl (C=O) groups is 2. The van der Waals surface area contributed by atoms with Gasteiger partial charge in [-0.25, -0.2) is 13.2 Å². The average Bonchev–Trinajstić information content (AvgIpc) is 3.71. The molecule has 2 aliphatic rings. The summed E-state index contributed by atoms with van der Waals surface area (Å²) < 4.78 is 45.4. The van der Waals surface area contributed by atoms with Gasteiger partial charge in [-0.3, -0.25) is 9.69 Å². The van der Waals surface area contributed by atoms with E-state index in [0.717, 1.165) is 12.0 Å². The fourth-order valence-corrected chi connectivity index (χ4v) is 6.90. The third-order valence-corrected chi connectivity index (χ3v) is 9.59. The normalized spacial score (nSPS) is 19.9. The lowest BCUT2D eigenvalue weighted by molar-refractivity contribution is -0.129. The number of sulfonamides is 1. The van der Waals surface area contributed by atoms with Gasteiger partial charge in [-0.05, 0) is 49.1 Å². The largest absolute Gasteiger partial charge is 0.497 e. The van der Waals surface area contributed by atoms with Crippen molar-refractivity contribution in [2.24, 2.45) is 0 Å². The smallest absolute Gasteiger partial charge is 0.415 e. The molecule has 2 heterocycles. The Labute approximate surface area is 257 Å². The molecule has 0 unspecified atom stereocenters. The van der Waals surface area contributed by atoms with E-state index in [1.54, 1.807) is 36.4 Å². The number of aliphatic hydroxyl groups is 1. The minimum absolute atomic E-state index is 0.00179. The summed E-state index contributed by atoms with van der Waals surface area (Å²) in [5, 5.41) is 14.4. The quantitative estimate of drug-likeness (QED) is 0.297. The van der Waals surface area contributed by atoms with Crippen molar-refractivity contribution in [3.8, 4) is 5.75 Å². The Kier molecular flexibility index (Phi) is 10.2. The minimum Gasteiger partial charge on any atom is -0.497 e. The van der Waals surface area contributed by atoms with E-state index >= 15 is 0 Å². The summed E-state index contributed by atoms with van der Waals surface area (Å²) in [6.07, 6.45) is -1.69. The van der Waals surface area contributed by atoms with Crippen LogP contribution in [-0.4, -0.2) is 87.5 Å². The molecule has 0 bridgehead atoms. The van der Waals surface area contributed by atoms with Gasteiger partial charge in [-0.15, -0.1) is 0 Å². The van der Waals surface area contributed by atoms with Gasteiger partial charge < -0.3 is 24.6 Å². The van der Waals surface area contributed by atoms with Gasteiger partial charge in [0.1, 0.15) is 5.75 Å². The molecule has 3 aromatic rings. The zero-order valence-corrected chi connectivity index (χ0v) is 25.3. The number of hydrogen-bond acceptors (Lipinski definition) is 8. The highest BCUT2D eigenvalue weighted by Gasteiger charge is 2.39. The van der Waals surface area contributed by atoms with Crippen LogP contribution in [0.15, 0.2) is 89.8 Å². The molecule has 0 spiro atoms. The highest BCUT2D eigenvalue weighted by molar-refractivity contribution is 7.89. The predicted molar refractivity (Wildman–Crippen MR) is 163 cm³/mol. The minimum atomic E-state index is -4.09. The summed E-state index contributed by atoms with van der Waals surface area (Å²) in [6, 6.07) is 23.4. The van der Waals surface area contributed by atoms with Crippen molar-refractivity contribution in [3.63, 3.8) is 0 Å². The number of methoxy groups -OCH3 is 1. The summed E-state index contributed by atoms with van der Waals surface area (Å²) >= 11 is 0. The Hall–Kier alpha value is -3.97. The number of ether oxygens (including phenoxy) is 3. The van der Waals surface area contributed by atoms with E-state index in [1.165, 1.54) is 28.4 Å². The Morgan fingerprint density at radius 2 is 1.82 bits per heavy atom. The molecule has 5 rings (SSSR count). The molecule has 0 aromatic heterocycles. The molecule has 0 radical (unpaired) electrons. The van der Waals surface area contributed by atoms with E-state index in [9.17, 15) is 23.1 Å². The maximum absolute atomic E-state index is 13.9. The first kappa shape index (κ1) is 31.5. The summed E-state index contributed by atoms with van der Waals surface area (Å²) in [4.78, 5) is 27.4. The number of hydrogen-bond donors (Lipinski definition) is 2. The first-order valence-electron chi connectivity index (χ1n) is 14.6. The zero-order valence-electron chi connectivity index (χ0n) is 24.4. The first-order chi connectivity index (χ1) is 21.2. The fraction of sp³-hybridized carbons (Fsp3) is 0.375. The number of carbonyl (C=O) groups excluding carboxylic acids is 2. The number of cyclic esters (lactones) is 1. The maximum atomic E-state index is 13.9. The highest BCUT2D eigenvalue weighted by Crippen LogP contribution is 2.25. The summed E-state index contributed by atoms with van der Waals surface area (Å²) in [5.74, 6) is -0.202. The van der Waals surface area contributed by atoms with Crippen LogP contribution in [0.4, 0.5) is 10.5 Å². The second-order valence-corrected chi connectivity index (χ2v) is 12.8. The predicted octanol–water partition coefficient (Wildman–Crippen LogP) is 2.98. The number of benzene rings is 3. The maximum Gasteiger partial charge on any atom is 0.415 e. The number of para-hydroxylation sites is 1. The summed E-state index contributed by atoms with van der Waals surface area (Å²) in [5.41, 5.74) is 1.42. The number of aliphatic hydroxyl groups excluding tert-OH is 1. The standard InChI is InChI=1S/C32H37N3O8S/c1-41-25-14-8-16-27(19-25)44(39,40)34(20-26-15-9-17-42-26)21-29(36)28(18-23-10-4-2-5-11-23)33-31(37)30-22-35(32(38)43-30)24-12-6-3-7-13-24/h2-8,10-14,16,19,26,28-30,36H,9,15,17-18,20-22H2,1H3,(H,33,37)/t26-,28-,29+,30-/m0/s1. The molecule has 2 N–H and O–H groups in total. The van der Waals surface area contributed by atoms with Gasteiger partial charge in [-0.2, -0.15) is 4.31 Å². The van der Waals surface area contributed by atoms with Gasteiger partial charge >= 0.3 is 6.09 Å². The van der Waals surface area contributed by atoms with Crippen molar-refractivity contribution < 1.29 is 37.3 Å². The summed E-state index contributed by atoms with van der Waals surface area (Å²) in [6.45, 7) is 0.262. The Morgan fingerprint density at radius 1 is 1.09 bits per heavy atom. The molecule has 234 valence electrons. The molecule has 2 fully saturated rings. The molecule has 2 amide bonds. The molecule has 44 heavy (non-hydrogen) atoms. The Bertz CT molecular complexity index is 1520.